The topological polar surface area (TPSA) is 74.2 Å². The normalized spacial score (nSPS) is 10.5. The number of nitrogens with two attached hydrogens (primary N) is 1. The van der Waals surface area contributed by atoms with E-state index in [9.17, 15) is 0 Å². The number of hydrogen-bond acceptors (Lipinski definition) is 6. The summed E-state index contributed by atoms with van der Waals surface area (Å²) >= 11 is 1.53. The van der Waals surface area contributed by atoms with E-state index in [2.05, 4.69) is 10.2 Å². The first-order chi connectivity index (χ1) is 8.74. The summed E-state index contributed by atoms with van der Waals surface area (Å²) in [5, 5.41) is 8.27. The third-order valence-corrected chi connectivity index (χ3v) is 3.05. The van der Waals surface area contributed by atoms with Gasteiger partial charge in [0.1, 0.15) is 5.75 Å². The van der Waals surface area contributed by atoms with Gasteiger partial charge in [-0.2, -0.15) is 0 Å². The van der Waals surface area contributed by atoms with Gasteiger partial charge >= 0.3 is 0 Å². The van der Waals surface area contributed by atoms with Crippen molar-refractivity contribution in [3.05, 3.63) is 30.2 Å². The molecule has 18 heavy (non-hydrogen) atoms. The Morgan fingerprint density at radius 2 is 2.28 bits per heavy atom. The molecule has 0 saturated carbocycles. The Bertz CT molecular complexity index is 502. The van der Waals surface area contributed by atoms with Gasteiger partial charge in [0.15, 0.2) is 0 Å². The summed E-state index contributed by atoms with van der Waals surface area (Å²) in [6, 6.07) is 7.42. The molecule has 0 aliphatic heterocycles. The molecule has 0 saturated heterocycles. The summed E-state index contributed by atoms with van der Waals surface area (Å²) in [7, 11) is 0. The second kappa shape index (κ2) is 6.30. The summed E-state index contributed by atoms with van der Waals surface area (Å²) in [4.78, 5) is 0. The van der Waals surface area contributed by atoms with Crippen molar-refractivity contribution < 1.29 is 9.15 Å². The monoisotopic (exact) mass is 265 g/mol. The molecule has 1 aromatic heterocycles. The van der Waals surface area contributed by atoms with Crippen molar-refractivity contribution in [1.82, 2.24) is 10.2 Å². The van der Waals surface area contributed by atoms with Gasteiger partial charge in [0, 0.05) is 24.4 Å². The summed E-state index contributed by atoms with van der Waals surface area (Å²) in [5.41, 5.74) is 6.37. The van der Waals surface area contributed by atoms with Crippen LogP contribution in [0.25, 0.3) is 0 Å². The maximum Gasteiger partial charge on any atom is 0.276 e. The average Bonchev–Trinajstić information content (AvgIpc) is 2.75. The van der Waals surface area contributed by atoms with Gasteiger partial charge in [0.05, 0.1) is 6.61 Å². The molecule has 0 radical (unpaired) electrons. The number of ether oxygens (including phenoxy) is 1. The van der Waals surface area contributed by atoms with Gasteiger partial charge < -0.3 is 14.9 Å². The number of rotatable bonds is 6. The molecular weight excluding hydrogens is 250 g/mol. The van der Waals surface area contributed by atoms with E-state index < -0.39 is 0 Å². The van der Waals surface area contributed by atoms with Crippen LogP contribution in [0, 0.1) is 6.92 Å². The molecule has 0 aliphatic rings. The van der Waals surface area contributed by atoms with Crippen LogP contribution in [0.4, 0.5) is 5.69 Å². The molecule has 96 valence electrons. The maximum atomic E-state index is 5.66. The molecule has 0 amide bonds. The Morgan fingerprint density at radius 3 is 3.00 bits per heavy atom. The molecule has 0 unspecified atom stereocenters. The zero-order chi connectivity index (χ0) is 12.8. The van der Waals surface area contributed by atoms with Crippen LogP contribution in [0.15, 0.2) is 33.9 Å². The van der Waals surface area contributed by atoms with Crippen molar-refractivity contribution >= 4 is 17.4 Å². The fraction of sp³-hybridized carbons (Fsp3) is 0.333. The van der Waals surface area contributed by atoms with Crippen LogP contribution >= 0.6 is 11.8 Å². The fourth-order valence-electron chi connectivity index (χ4n) is 1.35. The Balaban J connectivity index is 1.64. The van der Waals surface area contributed by atoms with E-state index in [1.807, 2.05) is 24.3 Å². The SMILES string of the molecule is Cc1nnc(SCCCOc2cccc(N)c2)o1. The molecule has 1 aromatic carbocycles. The van der Waals surface area contributed by atoms with Crippen molar-refractivity contribution in [1.29, 1.82) is 0 Å². The van der Waals surface area contributed by atoms with Crippen molar-refractivity contribution in [2.24, 2.45) is 0 Å². The van der Waals surface area contributed by atoms with Crippen molar-refractivity contribution in [2.45, 2.75) is 18.6 Å². The zero-order valence-corrected chi connectivity index (χ0v) is 10.9. The molecular formula is C12H15N3O2S. The standard InChI is InChI=1S/C12H15N3O2S/c1-9-14-15-12(17-9)18-7-3-6-16-11-5-2-4-10(13)8-11/h2,4-5,8H,3,6-7,13H2,1H3. The number of thioether (sulfide) groups is 1. The highest BCUT2D eigenvalue weighted by molar-refractivity contribution is 7.99. The third-order valence-electron chi connectivity index (χ3n) is 2.15. The van der Waals surface area contributed by atoms with E-state index in [1.54, 1.807) is 6.92 Å². The van der Waals surface area contributed by atoms with E-state index in [-0.39, 0.29) is 0 Å². The van der Waals surface area contributed by atoms with Gasteiger partial charge in [0.25, 0.3) is 5.22 Å². The molecule has 0 fully saturated rings. The number of benzene rings is 1. The number of hydrogen-bond donors (Lipinski definition) is 1. The van der Waals surface area contributed by atoms with Crippen LogP contribution in [0.3, 0.4) is 0 Å². The highest BCUT2D eigenvalue weighted by atomic mass is 32.2. The summed E-state index contributed by atoms with van der Waals surface area (Å²) in [5.74, 6) is 2.27. The molecule has 2 aromatic rings. The lowest BCUT2D eigenvalue weighted by Gasteiger charge is -2.05. The number of aryl methyl sites for hydroxylation is 1. The number of aromatic nitrogens is 2. The largest absolute Gasteiger partial charge is 0.493 e. The lowest BCUT2D eigenvalue weighted by molar-refractivity contribution is 0.318. The molecule has 0 aliphatic carbocycles. The van der Waals surface area contributed by atoms with Crippen LogP contribution in [0.2, 0.25) is 0 Å². The summed E-state index contributed by atoms with van der Waals surface area (Å²) in [6.07, 6.45) is 0.904. The highest BCUT2D eigenvalue weighted by Crippen LogP contribution is 2.18. The molecule has 6 heteroatoms. The molecule has 0 bridgehead atoms. The van der Waals surface area contributed by atoms with Crippen LogP contribution in [-0.4, -0.2) is 22.6 Å². The number of nitrogen functional groups attached to an aromatic ring is 1. The first-order valence-corrected chi connectivity index (χ1v) is 6.64. The minimum absolute atomic E-state index is 0.591. The Morgan fingerprint density at radius 1 is 1.39 bits per heavy atom. The minimum atomic E-state index is 0.591. The summed E-state index contributed by atoms with van der Waals surface area (Å²) < 4.78 is 10.8. The predicted octanol–water partition coefficient (Wildman–Crippen LogP) is 2.52. The minimum Gasteiger partial charge on any atom is -0.493 e. The number of nitrogens with zero attached hydrogens (tertiary/aromatic N) is 2. The molecule has 2 N–H and O–H groups in total. The number of anilines is 1. The van der Waals surface area contributed by atoms with Gasteiger partial charge in [-0.05, 0) is 18.6 Å². The van der Waals surface area contributed by atoms with E-state index in [0.29, 0.717) is 23.4 Å². The fourth-order valence-corrected chi connectivity index (χ4v) is 2.06. The van der Waals surface area contributed by atoms with Crippen LogP contribution in [-0.2, 0) is 0 Å². The molecule has 5 nitrogen and oxygen atoms in total. The van der Waals surface area contributed by atoms with Crippen molar-refractivity contribution in [2.75, 3.05) is 18.1 Å². The highest BCUT2D eigenvalue weighted by Gasteiger charge is 2.02. The second-order valence-corrected chi connectivity index (χ2v) is 4.76. The van der Waals surface area contributed by atoms with Crippen LogP contribution in [0.1, 0.15) is 12.3 Å². The predicted molar refractivity (Wildman–Crippen MR) is 70.7 cm³/mol. The van der Waals surface area contributed by atoms with E-state index in [4.69, 9.17) is 14.9 Å². The van der Waals surface area contributed by atoms with Crippen molar-refractivity contribution in [3.63, 3.8) is 0 Å². The van der Waals surface area contributed by atoms with E-state index in [0.717, 1.165) is 17.9 Å². The zero-order valence-electron chi connectivity index (χ0n) is 10.1. The average molecular weight is 265 g/mol. The molecule has 0 atom stereocenters. The van der Waals surface area contributed by atoms with Gasteiger partial charge in [-0.1, -0.05) is 17.8 Å². The van der Waals surface area contributed by atoms with Gasteiger partial charge in [-0.25, -0.2) is 0 Å². The van der Waals surface area contributed by atoms with Gasteiger partial charge in [-0.15, -0.1) is 10.2 Å². The smallest absolute Gasteiger partial charge is 0.276 e. The van der Waals surface area contributed by atoms with E-state index >= 15 is 0 Å². The quantitative estimate of drug-likeness (QED) is 0.491. The third kappa shape index (κ3) is 3.96. The van der Waals surface area contributed by atoms with Gasteiger partial charge in [-0.3, -0.25) is 0 Å². The van der Waals surface area contributed by atoms with Crippen molar-refractivity contribution in [3.8, 4) is 5.75 Å². The first kappa shape index (κ1) is 12.8. The lowest BCUT2D eigenvalue weighted by atomic mass is 10.3. The van der Waals surface area contributed by atoms with Gasteiger partial charge in [0.2, 0.25) is 5.89 Å². The Labute approximate surface area is 110 Å². The van der Waals surface area contributed by atoms with Crippen LogP contribution in [0.5, 0.6) is 5.75 Å². The Hall–Kier alpha value is -1.69. The first-order valence-electron chi connectivity index (χ1n) is 5.65. The van der Waals surface area contributed by atoms with Crippen LogP contribution < -0.4 is 10.5 Å². The maximum absolute atomic E-state index is 5.66. The van der Waals surface area contributed by atoms with E-state index in [1.165, 1.54) is 11.8 Å². The Kier molecular flexibility index (Phi) is 4.46. The molecule has 1 heterocycles. The lowest BCUT2D eigenvalue weighted by Crippen LogP contribution is -1.99. The second-order valence-electron chi connectivity index (χ2n) is 3.71. The summed E-state index contributed by atoms with van der Waals surface area (Å²) in [6.45, 7) is 2.42. The molecule has 2 rings (SSSR count). The molecule has 0 spiro atoms.